The quantitative estimate of drug-likeness (QED) is 0.602. The summed E-state index contributed by atoms with van der Waals surface area (Å²) < 4.78 is 12.7. The second kappa shape index (κ2) is 10.4. The summed E-state index contributed by atoms with van der Waals surface area (Å²) in [5, 5.41) is 3.50. The third-order valence-electron chi connectivity index (χ3n) is 3.87. The molecule has 0 heterocycles. The average molecular weight is 407 g/mol. The first-order chi connectivity index (χ1) is 12.1. The van der Waals surface area contributed by atoms with Gasteiger partial charge in [-0.05, 0) is 51.3 Å². The van der Waals surface area contributed by atoms with Crippen molar-refractivity contribution in [1.82, 2.24) is 10.2 Å². The molecule has 2 aromatic rings. The van der Waals surface area contributed by atoms with Crippen molar-refractivity contribution in [1.29, 1.82) is 0 Å². The molecule has 0 radical (unpaired) electrons. The van der Waals surface area contributed by atoms with Crippen LogP contribution in [-0.2, 0) is 13.2 Å². The van der Waals surface area contributed by atoms with E-state index in [1.165, 1.54) is 0 Å². The third kappa shape index (κ3) is 6.34. The maximum absolute atomic E-state index is 6.12. The van der Waals surface area contributed by atoms with Gasteiger partial charge in [-0.2, -0.15) is 0 Å². The lowest BCUT2D eigenvalue weighted by molar-refractivity contribution is 0.280. The summed E-state index contributed by atoms with van der Waals surface area (Å²) in [6, 6.07) is 14.1. The Morgan fingerprint density at radius 2 is 1.84 bits per heavy atom. The van der Waals surface area contributed by atoms with Crippen molar-refractivity contribution >= 4 is 15.9 Å². The van der Waals surface area contributed by atoms with E-state index in [4.69, 9.17) is 9.47 Å². The molecule has 0 bridgehead atoms. The highest BCUT2D eigenvalue weighted by molar-refractivity contribution is 9.10. The second-order valence-electron chi connectivity index (χ2n) is 6.17. The highest BCUT2D eigenvalue weighted by Gasteiger charge is 2.14. The van der Waals surface area contributed by atoms with Gasteiger partial charge in [0.15, 0.2) is 11.5 Å². The van der Waals surface area contributed by atoms with Crippen LogP contribution < -0.4 is 14.8 Å². The zero-order chi connectivity index (χ0) is 18.1. The van der Waals surface area contributed by atoms with E-state index >= 15 is 0 Å². The third-order valence-corrected chi connectivity index (χ3v) is 4.62. The van der Waals surface area contributed by atoms with Gasteiger partial charge in [-0.3, -0.25) is 0 Å². The van der Waals surface area contributed by atoms with Crippen molar-refractivity contribution in [3.05, 3.63) is 58.1 Å². The highest BCUT2D eigenvalue weighted by atomic mass is 79.9. The van der Waals surface area contributed by atoms with Crippen LogP contribution in [0.2, 0.25) is 0 Å². The predicted molar refractivity (Wildman–Crippen MR) is 106 cm³/mol. The largest absolute Gasteiger partial charge is 0.493 e. The molecule has 1 N–H and O–H groups in total. The van der Waals surface area contributed by atoms with Gasteiger partial charge in [-0.1, -0.05) is 46.3 Å². The summed E-state index contributed by atoms with van der Waals surface area (Å²) >= 11 is 3.65. The summed E-state index contributed by atoms with van der Waals surface area (Å²) in [6.07, 6.45) is 1.11. The van der Waals surface area contributed by atoms with E-state index in [1.807, 2.05) is 30.3 Å². The Kier molecular flexibility index (Phi) is 8.25. The number of benzene rings is 2. The standard InChI is InChI=1S/C20H27BrN2O2/c1-23(2)13-7-12-22-14-17-18(21)10-11-19(24-3)20(17)25-15-16-8-5-4-6-9-16/h4-6,8-11,22H,7,12-15H2,1-3H3. The van der Waals surface area contributed by atoms with Gasteiger partial charge >= 0.3 is 0 Å². The first kappa shape index (κ1) is 19.8. The number of nitrogens with zero attached hydrogens (tertiary/aromatic N) is 1. The zero-order valence-corrected chi connectivity index (χ0v) is 16.8. The minimum Gasteiger partial charge on any atom is -0.493 e. The number of ether oxygens (including phenoxy) is 2. The Morgan fingerprint density at radius 3 is 2.52 bits per heavy atom. The van der Waals surface area contributed by atoms with Gasteiger partial charge in [0, 0.05) is 16.6 Å². The molecule has 4 nitrogen and oxygen atoms in total. The normalized spacial score (nSPS) is 10.9. The van der Waals surface area contributed by atoms with E-state index in [0.717, 1.165) is 53.2 Å². The number of hydrogen-bond donors (Lipinski definition) is 1. The van der Waals surface area contributed by atoms with E-state index in [9.17, 15) is 0 Å². The molecule has 0 spiro atoms. The van der Waals surface area contributed by atoms with Gasteiger partial charge in [-0.25, -0.2) is 0 Å². The molecular weight excluding hydrogens is 380 g/mol. The topological polar surface area (TPSA) is 33.7 Å². The first-order valence-electron chi connectivity index (χ1n) is 8.49. The molecule has 0 atom stereocenters. The summed E-state index contributed by atoms with van der Waals surface area (Å²) in [6.45, 7) is 3.28. The Balaban J connectivity index is 2.05. The molecule has 0 aliphatic carbocycles. The number of hydrogen-bond acceptors (Lipinski definition) is 4. The number of rotatable bonds is 10. The lowest BCUT2D eigenvalue weighted by atomic mass is 10.1. The SMILES string of the molecule is COc1ccc(Br)c(CNCCCN(C)C)c1OCc1ccccc1. The smallest absolute Gasteiger partial charge is 0.167 e. The second-order valence-corrected chi connectivity index (χ2v) is 7.02. The van der Waals surface area contributed by atoms with Crippen LogP contribution in [0.15, 0.2) is 46.9 Å². The molecule has 136 valence electrons. The van der Waals surface area contributed by atoms with Crippen molar-refractivity contribution in [2.75, 3.05) is 34.3 Å². The average Bonchev–Trinajstić information content (AvgIpc) is 2.61. The minimum atomic E-state index is 0.515. The summed E-state index contributed by atoms with van der Waals surface area (Å²) in [7, 11) is 5.86. The van der Waals surface area contributed by atoms with Gasteiger partial charge in [0.25, 0.3) is 0 Å². The summed E-state index contributed by atoms with van der Waals surface area (Å²) in [4.78, 5) is 2.19. The maximum Gasteiger partial charge on any atom is 0.167 e. The number of halogens is 1. The lowest BCUT2D eigenvalue weighted by Crippen LogP contribution is -2.21. The van der Waals surface area contributed by atoms with Gasteiger partial charge in [0.2, 0.25) is 0 Å². The van der Waals surface area contributed by atoms with Gasteiger partial charge < -0.3 is 19.7 Å². The molecule has 25 heavy (non-hydrogen) atoms. The summed E-state index contributed by atoms with van der Waals surface area (Å²) in [5.74, 6) is 1.55. The van der Waals surface area contributed by atoms with Crippen LogP contribution in [0, 0.1) is 0 Å². The predicted octanol–water partition coefficient (Wildman–Crippen LogP) is 4.08. The summed E-state index contributed by atoms with van der Waals surface area (Å²) in [5.41, 5.74) is 2.22. The Hall–Kier alpha value is -1.56. The van der Waals surface area contributed by atoms with Crippen molar-refractivity contribution in [3.63, 3.8) is 0 Å². The molecule has 2 aromatic carbocycles. The molecular formula is C20H27BrN2O2. The Labute approximate surface area is 159 Å². The van der Waals surface area contributed by atoms with Crippen molar-refractivity contribution in [2.45, 2.75) is 19.6 Å². The lowest BCUT2D eigenvalue weighted by Gasteiger charge is -2.17. The van der Waals surface area contributed by atoms with Crippen molar-refractivity contribution in [2.24, 2.45) is 0 Å². The molecule has 0 aliphatic heterocycles. The fraction of sp³-hybridized carbons (Fsp3) is 0.400. The van der Waals surface area contributed by atoms with Crippen LogP contribution in [0.1, 0.15) is 17.5 Å². The molecule has 0 amide bonds. The fourth-order valence-electron chi connectivity index (χ4n) is 2.53. The van der Waals surface area contributed by atoms with Crippen LogP contribution in [-0.4, -0.2) is 39.2 Å². The molecule has 2 rings (SSSR count). The number of methoxy groups -OCH3 is 1. The van der Waals surface area contributed by atoms with E-state index < -0.39 is 0 Å². The molecule has 5 heteroatoms. The van der Waals surface area contributed by atoms with E-state index in [-0.39, 0.29) is 0 Å². The van der Waals surface area contributed by atoms with E-state index in [1.54, 1.807) is 7.11 Å². The molecule has 0 aromatic heterocycles. The minimum absolute atomic E-state index is 0.515. The van der Waals surface area contributed by atoms with Crippen LogP contribution in [0.5, 0.6) is 11.5 Å². The fourth-order valence-corrected chi connectivity index (χ4v) is 2.98. The van der Waals surface area contributed by atoms with E-state index in [2.05, 4.69) is 52.4 Å². The van der Waals surface area contributed by atoms with Gasteiger partial charge in [0.1, 0.15) is 6.61 Å². The van der Waals surface area contributed by atoms with Crippen LogP contribution >= 0.6 is 15.9 Å². The highest BCUT2D eigenvalue weighted by Crippen LogP contribution is 2.36. The Bertz CT molecular complexity index is 648. The van der Waals surface area contributed by atoms with Crippen LogP contribution in [0.3, 0.4) is 0 Å². The molecule has 0 saturated carbocycles. The number of nitrogens with one attached hydrogen (secondary N) is 1. The van der Waals surface area contributed by atoms with E-state index in [0.29, 0.717) is 6.61 Å². The molecule has 0 unspecified atom stereocenters. The Morgan fingerprint density at radius 1 is 1.08 bits per heavy atom. The van der Waals surface area contributed by atoms with Crippen molar-refractivity contribution < 1.29 is 9.47 Å². The molecule has 0 fully saturated rings. The van der Waals surface area contributed by atoms with Gasteiger partial charge in [-0.15, -0.1) is 0 Å². The van der Waals surface area contributed by atoms with Crippen LogP contribution in [0.4, 0.5) is 0 Å². The molecule has 0 aliphatic rings. The first-order valence-corrected chi connectivity index (χ1v) is 9.28. The maximum atomic E-state index is 6.12. The van der Waals surface area contributed by atoms with Crippen LogP contribution in [0.25, 0.3) is 0 Å². The zero-order valence-electron chi connectivity index (χ0n) is 15.2. The monoisotopic (exact) mass is 406 g/mol. The van der Waals surface area contributed by atoms with Crippen molar-refractivity contribution in [3.8, 4) is 11.5 Å². The van der Waals surface area contributed by atoms with Gasteiger partial charge in [0.05, 0.1) is 7.11 Å². The molecule has 0 saturated heterocycles.